The third kappa shape index (κ3) is 6.16. The van der Waals surface area contributed by atoms with Gasteiger partial charge in [-0.05, 0) is 41.4 Å². The van der Waals surface area contributed by atoms with Gasteiger partial charge in [-0.15, -0.1) is 4.91 Å². The van der Waals surface area contributed by atoms with Crippen molar-refractivity contribution in [3.05, 3.63) is 74.7 Å². The zero-order chi connectivity index (χ0) is 20.5. The normalized spacial score (nSPS) is 13.2. The Bertz CT molecular complexity index is 888. The van der Waals surface area contributed by atoms with Gasteiger partial charge in [-0.2, -0.15) is 0 Å². The highest BCUT2D eigenvalue weighted by Gasteiger charge is 2.18. The van der Waals surface area contributed by atoms with Crippen LogP contribution in [0.5, 0.6) is 5.75 Å². The van der Waals surface area contributed by atoms with Gasteiger partial charge in [-0.1, -0.05) is 18.2 Å². The SMILES string of the molecule is CO[N+](=O)CC1=CC(C(=O)NNC(=O)Cc2cccc(O)c2)=CC(N=O)=CC1. The molecule has 0 radical (unpaired) electrons. The molecule has 1 aromatic rings. The number of allylic oxidation sites excluding steroid dienone is 2. The van der Waals surface area contributed by atoms with Gasteiger partial charge in [-0.3, -0.25) is 20.4 Å². The first kappa shape index (κ1) is 20.5. The zero-order valence-corrected chi connectivity index (χ0v) is 15.0. The standard InChI is InChI=1S/C18H18N4O6/c1-28-22(27)11-13-5-6-15(21-26)10-14(7-13)18(25)20-19-17(24)9-12-3-2-4-16(23)8-12/h2-4,6-8,10H,5,9,11H2,1H3,(H2-,19,20,23,24,25)/p+1. The van der Waals surface area contributed by atoms with Crippen LogP contribution in [0.4, 0.5) is 0 Å². The lowest BCUT2D eigenvalue weighted by molar-refractivity contribution is -0.791. The minimum Gasteiger partial charge on any atom is -0.508 e. The number of aromatic hydroxyl groups is 1. The number of nitroso groups, excluding NO2 is 1. The van der Waals surface area contributed by atoms with E-state index >= 15 is 0 Å². The molecule has 0 saturated carbocycles. The van der Waals surface area contributed by atoms with Crippen molar-refractivity contribution in [3.63, 3.8) is 0 Å². The highest BCUT2D eigenvalue weighted by molar-refractivity contribution is 5.98. The highest BCUT2D eigenvalue weighted by Crippen LogP contribution is 2.18. The fourth-order valence-electron chi connectivity index (χ4n) is 2.40. The van der Waals surface area contributed by atoms with Crippen LogP contribution in [-0.4, -0.2) is 35.5 Å². The van der Waals surface area contributed by atoms with Gasteiger partial charge in [-0.25, -0.2) is 4.84 Å². The molecule has 0 fully saturated rings. The van der Waals surface area contributed by atoms with Crippen molar-refractivity contribution in [1.82, 2.24) is 10.9 Å². The lowest BCUT2D eigenvalue weighted by Crippen LogP contribution is -2.42. The number of phenols is 1. The maximum absolute atomic E-state index is 12.4. The third-order valence-electron chi connectivity index (χ3n) is 3.73. The monoisotopic (exact) mass is 387 g/mol. The van der Waals surface area contributed by atoms with E-state index < -0.39 is 11.8 Å². The Balaban J connectivity index is 2.03. The van der Waals surface area contributed by atoms with E-state index in [4.69, 9.17) is 0 Å². The highest BCUT2D eigenvalue weighted by atomic mass is 16.8. The Hall–Kier alpha value is -3.82. The van der Waals surface area contributed by atoms with Crippen molar-refractivity contribution in [2.75, 3.05) is 13.7 Å². The van der Waals surface area contributed by atoms with Crippen LogP contribution in [-0.2, 0) is 20.8 Å². The smallest absolute Gasteiger partial charge is 0.270 e. The zero-order valence-electron chi connectivity index (χ0n) is 15.0. The van der Waals surface area contributed by atoms with Gasteiger partial charge >= 0.3 is 0 Å². The van der Waals surface area contributed by atoms with Crippen LogP contribution in [0, 0.1) is 9.81 Å². The topological polar surface area (TPSA) is 137 Å². The molecule has 146 valence electrons. The summed E-state index contributed by atoms with van der Waals surface area (Å²) in [5.41, 5.74) is 5.64. The predicted octanol–water partition coefficient (Wildman–Crippen LogP) is 1.33. The molecule has 0 spiro atoms. The van der Waals surface area contributed by atoms with Crippen LogP contribution >= 0.6 is 0 Å². The number of rotatable bonds is 7. The number of phenolic OH excluding ortho intramolecular Hbond substituents is 1. The van der Waals surface area contributed by atoms with E-state index in [0.29, 0.717) is 16.1 Å². The Morgan fingerprint density at radius 2 is 2.07 bits per heavy atom. The summed E-state index contributed by atoms with van der Waals surface area (Å²) >= 11 is 0. The molecule has 0 atom stereocenters. The average Bonchev–Trinajstić information content (AvgIpc) is 2.88. The molecule has 1 aromatic carbocycles. The van der Waals surface area contributed by atoms with Crippen molar-refractivity contribution in [2.45, 2.75) is 12.8 Å². The van der Waals surface area contributed by atoms with E-state index in [9.17, 15) is 24.5 Å². The second kappa shape index (κ2) is 9.76. The predicted molar refractivity (Wildman–Crippen MR) is 98.3 cm³/mol. The molecule has 1 aliphatic carbocycles. The fourth-order valence-corrected chi connectivity index (χ4v) is 2.40. The molecule has 1 aliphatic rings. The van der Waals surface area contributed by atoms with E-state index in [1.807, 2.05) is 0 Å². The molecule has 3 N–H and O–H groups in total. The Labute approximate surface area is 160 Å². The van der Waals surface area contributed by atoms with Gasteiger partial charge in [0, 0.05) is 11.1 Å². The van der Waals surface area contributed by atoms with Crippen LogP contribution in [0.3, 0.4) is 0 Å². The maximum Gasteiger partial charge on any atom is 0.270 e. The summed E-state index contributed by atoms with van der Waals surface area (Å²) in [4.78, 5) is 51.4. The number of nitrogens with zero attached hydrogens (tertiary/aromatic N) is 2. The lowest BCUT2D eigenvalue weighted by atomic mass is 10.1. The Kier molecular flexibility index (Phi) is 7.14. The molecule has 0 saturated heterocycles. The maximum atomic E-state index is 12.4. The summed E-state index contributed by atoms with van der Waals surface area (Å²) in [6.07, 6.45) is 4.33. The first-order valence-corrected chi connectivity index (χ1v) is 8.21. The largest absolute Gasteiger partial charge is 0.508 e. The molecule has 28 heavy (non-hydrogen) atoms. The molecular weight excluding hydrogens is 368 g/mol. The Morgan fingerprint density at radius 3 is 2.75 bits per heavy atom. The summed E-state index contributed by atoms with van der Waals surface area (Å²) in [5, 5.41) is 12.2. The van der Waals surface area contributed by atoms with Gasteiger partial charge in [0.1, 0.15) is 11.4 Å². The van der Waals surface area contributed by atoms with Crippen LogP contribution in [0.1, 0.15) is 12.0 Å². The van der Waals surface area contributed by atoms with Crippen LogP contribution < -0.4 is 10.9 Å². The Morgan fingerprint density at radius 1 is 1.29 bits per heavy atom. The molecular formula is C18H19N4O6+. The summed E-state index contributed by atoms with van der Waals surface area (Å²) < 4.78 is 0. The second-order valence-corrected chi connectivity index (χ2v) is 5.85. The molecule has 10 heteroatoms. The lowest BCUT2D eigenvalue weighted by Gasteiger charge is -2.08. The first-order valence-electron chi connectivity index (χ1n) is 8.21. The second-order valence-electron chi connectivity index (χ2n) is 5.85. The number of amides is 2. The van der Waals surface area contributed by atoms with Crippen LogP contribution in [0.25, 0.3) is 0 Å². The fraction of sp³-hybridized carbons (Fsp3) is 0.222. The molecule has 2 rings (SSSR count). The molecule has 0 bridgehead atoms. The van der Waals surface area contributed by atoms with Crippen molar-refractivity contribution in [3.8, 4) is 5.75 Å². The number of benzene rings is 1. The molecule has 0 heterocycles. The molecule has 0 unspecified atom stereocenters. The van der Waals surface area contributed by atoms with E-state index in [-0.39, 0.29) is 36.4 Å². The minimum atomic E-state index is -0.687. The van der Waals surface area contributed by atoms with Gasteiger partial charge in [0.2, 0.25) is 10.8 Å². The molecule has 2 amide bonds. The summed E-state index contributed by atoms with van der Waals surface area (Å²) in [7, 11) is 1.21. The molecule has 10 nitrogen and oxygen atoms in total. The summed E-state index contributed by atoms with van der Waals surface area (Å²) in [6, 6.07) is 6.16. The third-order valence-corrected chi connectivity index (χ3v) is 3.73. The first-order chi connectivity index (χ1) is 13.4. The van der Waals surface area contributed by atoms with Gasteiger partial charge in [0.15, 0.2) is 7.11 Å². The number of hydrogen-bond donors (Lipinski definition) is 3. The van der Waals surface area contributed by atoms with E-state index in [1.165, 1.54) is 37.5 Å². The van der Waals surface area contributed by atoms with Crippen molar-refractivity contribution in [2.24, 2.45) is 5.18 Å². The van der Waals surface area contributed by atoms with E-state index in [1.54, 1.807) is 12.1 Å². The van der Waals surface area contributed by atoms with E-state index in [0.717, 1.165) is 0 Å². The number of hydrogen-bond acceptors (Lipinski definition) is 7. The number of nitrogens with one attached hydrogen (secondary N) is 2. The van der Waals surface area contributed by atoms with Gasteiger partial charge < -0.3 is 5.11 Å². The van der Waals surface area contributed by atoms with Crippen LogP contribution in [0.15, 0.2) is 64.5 Å². The molecule has 0 aromatic heterocycles. The van der Waals surface area contributed by atoms with E-state index in [2.05, 4.69) is 20.9 Å². The van der Waals surface area contributed by atoms with Crippen molar-refractivity contribution >= 4 is 11.8 Å². The number of carbonyl (C=O) groups excluding carboxylic acids is 2. The summed E-state index contributed by atoms with van der Waals surface area (Å²) in [6.45, 7) is -0.131. The summed E-state index contributed by atoms with van der Waals surface area (Å²) in [5.74, 6) is -1.17. The minimum absolute atomic E-state index is 0.0253. The molecule has 0 aliphatic heterocycles. The van der Waals surface area contributed by atoms with Crippen molar-refractivity contribution < 1.29 is 24.5 Å². The van der Waals surface area contributed by atoms with Gasteiger partial charge in [0.25, 0.3) is 12.5 Å². The van der Waals surface area contributed by atoms with Gasteiger partial charge in [0.05, 0.1) is 11.3 Å². The van der Waals surface area contributed by atoms with Crippen LogP contribution in [0.2, 0.25) is 0 Å². The number of carbonyl (C=O) groups is 2. The number of hydrazine groups is 1. The average molecular weight is 387 g/mol. The van der Waals surface area contributed by atoms with Crippen molar-refractivity contribution in [1.29, 1.82) is 0 Å². The quantitative estimate of drug-likeness (QED) is 0.477.